The fourth-order valence-electron chi connectivity index (χ4n) is 2.36. The highest BCUT2D eigenvalue weighted by molar-refractivity contribution is 5.53. The van der Waals surface area contributed by atoms with Crippen molar-refractivity contribution >= 4 is 0 Å². The first-order valence-corrected chi connectivity index (χ1v) is 5.96. The van der Waals surface area contributed by atoms with E-state index in [4.69, 9.17) is 10.5 Å². The molecule has 0 heterocycles. The van der Waals surface area contributed by atoms with Crippen molar-refractivity contribution in [2.45, 2.75) is 44.8 Å². The number of alkyl halides is 1. The van der Waals surface area contributed by atoms with E-state index in [0.29, 0.717) is 11.3 Å². The third-order valence-electron chi connectivity index (χ3n) is 3.50. The molecular formula is C14H20FNO. The molecule has 2 rings (SSSR count). The standard InChI is InChI=1S/C14H20FNO/c1-9-5-6-10(13(2,3)15)12(17-4)11(9)14(16)7-8-14/h5-6H,7-8,16H2,1-4H3. The van der Waals surface area contributed by atoms with E-state index in [1.54, 1.807) is 27.0 Å². The largest absolute Gasteiger partial charge is 0.496 e. The Bertz CT molecular complexity index is 444. The Balaban J connectivity index is 2.65. The lowest BCUT2D eigenvalue weighted by molar-refractivity contribution is 0.212. The van der Waals surface area contributed by atoms with Gasteiger partial charge in [0.05, 0.1) is 7.11 Å². The zero-order valence-corrected chi connectivity index (χ0v) is 10.9. The van der Waals surface area contributed by atoms with Gasteiger partial charge in [-0.1, -0.05) is 12.1 Å². The van der Waals surface area contributed by atoms with Gasteiger partial charge >= 0.3 is 0 Å². The molecule has 0 spiro atoms. The van der Waals surface area contributed by atoms with Gasteiger partial charge in [0, 0.05) is 16.7 Å². The van der Waals surface area contributed by atoms with E-state index >= 15 is 0 Å². The lowest BCUT2D eigenvalue weighted by Crippen LogP contribution is -2.23. The van der Waals surface area contributed by atoms with Crippen molar-refractivity contribution in [2.75, 3.05) is 7.11 Å². The molecule has 0 amide bonds. The maximum atomic E-state index is 14.2. The van der Waals surface area contributed by atoms with Crippen LogP contribution in [0.25, 0.3) is 0 Å². The Labute approximate surface area is 102 Å². The van der Waals surface area contributed by atoms with Crippen LogP contribution in [0.4, 0.5) is 4.39 Å². The number of halogens is 1. The van der Waals surface area contributed by atoms with Crippen LogP contribution in [0.2, 0.25) is 0 Å². The normalized spacial score (nSPS) is 18.0. The average Bonchev–Trinajstić information content (AvgIpc) is 2.94. The molecular weight excluding hydrogens is 217 g/mol. The lowest BCUT2D eigenvalue weighted by atomic mass is 9.90. The summed E-state index contributed by atoms with van der Waals surface area (Å²) in [5.74, 6) is 0.623. The zero-order chi connectivity index (χ0) is 12.8. The molecule has 1 saturated carbocycles. The molecule has 0 saturated heterocycles. The summed E-state index contributed by atoms with van der Waals surface area (Å²) in [4.78, 5) is 0. The number of aryl methyl sites for hydroxylation is 1. The minimum absolute atomic E-state index is 0.309. The van der Waals surface area contributed by atoms with Crippen LogP contribution in [0.5, 0.6) is 5.75 Å². The summed E-state index contributed by atoms with van der Waals surface area (Å²) in [6.07, 6.45) is 1.89. The first-order valence-electron chi connectivity index (χ1n) is 5.96. The van der Waals surface area contributed by atoms with E-state index < -0.39 is 5.67 Å². The van der Waals surface area contributed by atoms with Crippen molar-refractivity contribution < 1.29 is 9.13 Å². The number of ether oxygens (including phenoxy) is 1. The zero-order valence-electron chi connectivity index (χ0n) is 10.9. The summed E-state index contributed by atoms with van der Waals surface area (Å²) in [6.45, 7) is 5.08. The highest BCUT2D eigenvalue weighted by Gasteiger charge is 2.44. The van der Waals surface area contributed by atoms with Gasteiger partial charge in [-0.25, -0.2) is 4.39 Å². The Morgan fingerprint density at radius 3 is 2.35 bits per heavy atom. The van der Waals surface area contributed by atoms with E-state index in [2.05, 4.69) is 0 Å². The summed E-state index contributed by atoms with van der Waals surface area (Å²) < 4.78 is 19.6. The number of nitrogens with two attached hydrogens (primary N) is 1. The minimum Gasteiger partial charge on any atom is -0.496 e. The Morgan fingerprint density at radius 1 is 1.35 bits per heavy atom. The average molecular weight is 237 g/mol. The van der Waals surface area contributed by atoms with E-state index in [0.717, 1.165) is 24.0 Å². The van der Waals surface area contributed by atoms with E-state index in [-0.39, 0.29) is 5.54 Å². The predicted octanol–water partition coefficient (Wildman–Crippen LogP) is 3.16. The monoisotopic (exact) mass is 237 g/mol. The molecule has 2 N–H and O–H groups in total. The molecule has 1 aromatic rings. The number of hydrogen-bond acceptors (Lipinski definition) is 2. The fourth-order valence-corrected chi connectivity index (χ4v) is 2.36. The second-order valence-corrected chi connectivity index (χ2v) is 5.47. The van der Waals surface area contributed by atoms with E-state index in [9.17, 15) is 4.39 Å². The molecule has 0 unspecified atom stereocenters. The molecule has 0 bridgehead atoms. The summed E-state index contributed by atoms with van der Waals surface area (Å²) in [5, 5.41) is 0. The van der Waals surface area contributed by atoms with Crippen LogP contribution in [0.3, 0.4) is 0 Å². The highest BCUT2D eigenvalue weighted by atomic mass is 19.1. The lowest BCUT2D eigenvalue weighted by Gasteiger charge is -2.24. The molecule has 94 valence electrons. The molecule has 1 aliphatic rings. The molecule has 1 aromatic carbocycles. The van der Waals surface area contributed by atoms with Gasteiger partial charge in [0.25, 0.3) is 0 Å². The number of hydrogen-bond donors (Lipinski definition) is 1. The molecule has 1 aliphatic carbocycles. The molecule has 0 atom stereocenters. The van der Waals surface area contributed by atoms with Gasteiger partial charge in [-0.05, 0) is 39.2 Å². The maximum Gasteiger partial charge on any atom is 0.134 e. The van der Waals surface area contributed by atoms with Gasteiger partial charge in [-0.2, -0.15) is 0 Å². The van der Waals surface area contributed by atoms with Gasteiger partial charge < -0.3 is 10.5 Å². The molecule has 1 fully saturated rings. The summed E-state index contributed by atoms with van der Waals surface area (Å²) in [7, 11) is 1.58. The maximum absolute atomic E-state index is 14.2. The molecule has 0 aliphatic heterocycles. The topological polar surface area (TPSA) is 35.2 Å². The SMILES string of the molecule is COc1c(C(C)(C)F)ccc(C)c1C1(N)CC1. The van der Waals surface area contributed by atoms with Gasteiger partial charge in [-0.3, -0.25) is 0 Å². The molecule has 3 heteroatoms. The molecule has 17 heavy (non-hydrogen) atoms. The number of rotatable bonds is 3. The number of methoxy groups -OCH3 is 1. The van der Waals surface area contributed by atoms with Crippen molar-refractivity contribution in [1.29, 1.82) is 0 Å². The third kappa shape index (κ3) is 2.04. The first-order chi connectivity index (χ1) is 7.79. The van der Waals surface area contributed by atoms with Crippen LogP contribution in [0.1, 0.15) is 43.4 Å². The van der Waals surface area contributed by atoms with E-state index in [1.807, 2.05) is 13.0 Å². The quantitative estimate of drug-likeness (QED) is 0.876. The Kier molecular flexibility index (Phi) is 2.69. The van der Waals surface area contributed by atoms with Crippen molar-refractivity contribution in [3.63, 3.8) is 0 Å². The van der Waals surface area contributed by atoms with Crippen LogP contribution in [0.15, 0.2) is 12.1 Å². The smallest absolute Gasteiger partial charge is 0.134 e. The first kappa shape index (κ1) is 12.4. The van der Waals surface area contributed by atoms with E-state index in [1.165, 1.54) is 0 Å². The van der Waals surface area contributed by atoms with Crippen molar-refractivity contribution in [3.8, 4) is 5.75 Å². The fraction of sp³-hybridized carbons (Fsp3) is 0.571. The predicted molar refractivity (Wildman–Crippen MR) is 67.0 cm³/mol. The summed E-state index contributed by atoms with van der Waals surface area (Å²) >= 11 is 0. The third-order valence-corrected chi connectivity index (χ3v) is 3.50. The second-order valence-electron chi connectivity index (χ2n) is 5.47. The highest BCUT2D eigenvalue weighted by Crippen LogP contribution is 2.50. The van der Waals surface area contributed by atoms with Crippen LogP contribution in [-0.2, 0) is 11.2 Å². The molecule has 2 nitrogen and oxygen atoms in total. The van der Waals surface area contributed by atoms with Gasteiger partial charge in [-0.15, -0.1) is 0 Å². The van der Waals surface area contributed by atoms with Crippen LogP contribution < -0.4 is 10.5 Å². The van der Waals surface area contributed by atoms with Crippen LogP contribution >= 0.6 is 0 Å². The molecule has 0 aromatic heterocycles. The number of benzene rings is 1. The molecule has 0 radical (unpaired) electrons. The van der Waals surface area contributed by atoms with Crippen LogP contribution in [0, 0.1) is 6.92 Å². The summed E-state index contributed by atoms with van der Waals surface area (Å²) in [6, 6.07) is 3.73. The second kappa shape index (κ2) is 3.70. The Morgan fingerprint density at radius 2 is 1.94 bits per heavy atom. The van der Waals surface area contributed by atoms with Gasteiger partial charge in [0.15, 0.2) is 0 Å². The van der Waals surface area contributed by atoms with Gasteiger partial charge in [0.2, 0.25) is 0 Å². The van der Waals surface area contributed by atoms with Crippen molar-refractivity contribution in [3.05, 3.63) is 28.8 Å². The minimum atomic E-state index is -1.42. The Hall–Kier alpha value is -1.09. The van der Waals surface area contributed by atoms with Crippen LogP contribution in [-0.4, -0.2) is 7.11 Å². The van der Waals surface area contributed by atoms with Gasteiger partial charge in [0.1, 0.15) is 11.4 Å². The summed E-state index contributed by atoms with van der Waals surface area (Å²) in [5.41, 5.74) is 7.16. The van der Waals surface area contributed by atoms with Crippen molar-refractivity contribution in [2.24, 2.45) is 5.73 Å². The van der Waals surface area contributed by atoms with Crippen molar-refractivity contribution in [1.82, 2.24) is 0 Å².